The minimum atomic E-state index is -0.869. The fraction of sp³-hybridized carbons (Fsp3) is 0.400. The zero-order chi connectivity index (χ0) is 16.8. The Balaban J connectivity index is 1.94. The lowest BCUT2D eigenvalue weighted by Gasteiger charge is -2.30. The molecule has 1 aliphatic heterocycles. The second-order valence-electron chi connectivity index (χ2n) is 5.10. The Morgan fingerprint density at radius 3 is 2.65 bits per heavy atom. The first-order valence-electron chi connectivity index (χ1n) is 7.10. The number of ether oxygens (including phenoxy) is 1. The van der Waals surface area contributed by atoms with Crippen LogP contribution >= 0.6 is 11.8 Å². The smallest absolute Gasteiger partial charge is 0.313 e. The second-order valence-corrected chi connectivity index (χ2v) is 5.96. The van der Waals surface area contributed by atoms with Crippen LogP contribution in [0.25, 0.3) is 0 Å². The highest BCUT2D eigenvalue weighted by Crippen LogP contribution is 2.14. The zero-order valence-electron chi connectivity index (χ0n) is 12.8. The van der Waals surface area contributed by atoms with E-state index in [2.05, 4.69) is 5.32 Å². The minimum absolute atomic E-state index is 0.00571. The lowest BCUT2D eigenvalue weighted by atomic mass is 10.2. The van der Waals surface area contributed by atoms with E-state index in [4.69, 9.17) is 10.5 Å². The SMILES string of the molecule is CSCc1ccc(NC(=O)C(=O)N2CCOC(C(N)=O)C2)cc1. The van der Waals surface area contributed by atoms with Crippen molar-refractivity contribution >= 4 is 35.2 Å². The van der Waals surface area contributed by atoms with Crippen molar-refractivity contribution in [1.29, 1.82) is 0 Å². The normalized spacial score (nSPS) is 17.6. The highest BCUT2D eigenvalue weighted by atomic mass is 32.2. The standard InChI is InChI=1S/C15H19N3O4S/c1-23-9-10-2-4-11(5-3-10)17-14(20)15(21)18-6-7-22-12(8-18)13(16)19/h2-5,12H,6-9H2,1H3,(H2,16,19)(H,17,20). The molecule has 23 heavy (non-hydrogen) atoms. The molecule has 7 nitrogen and oxygen atoms in total. The Labute approximate surface area is 138 Å². The average Bonchev–Trinajstić information content (AvgIpc) is 2.56. The van der Waals surface area contributed by atoms with Crippen LogP contribution in [0.2, 0.25) is 0 Å². The molecule has 0 aromatic heterocycles. The molecule has 3 amide bonds. The van der Waals surface area contributed by atoms with Crippen LogP contribution in [-0.4, -0.2) is 54.7 Å². The Morgan fingerprint density at radius 1 is 1.35 bits per heavy atom. The number of carbonyl (C=O) groups is 3. The summed E-state index contributed by atoms with van der Waals surface area (Å²) >= 11 is 1.70. The van der Waals surface area contributed by atoms with E-state index in [9.17, 15) is 14.4 Å². The Bertz CT molecular complexity index is 591. The summed E-state index contributed by atoms with van der Waals surface area (Å²) in [7, 11) is 0. The number of nitrogens with zero attached hydrogens (tertiary/aromatic N) is 1. The molecule has 1 aromatic carbocycles. The van der Waals surface area contributed by atoms with Crippen molar-refractivity contribution in [2.24, 2.45) is 5.73 Å². The van der Waals surface area contributed by atoms with Gasteiger partial charge in [0.15, 0.2) is 6.10 Å². The molecule has 3 N–H and O–H groups in total. The van der Waals surface area contributed by atoms with Crippen molar-refractivity contribution in [2.75, 3.05) is 31.3 Å². The number of carbonyl (C=O) groups excluding carboxylic acids is 3. The van der Waals surface area contributed by atoms with Crippen molar-refractivity contribution in [1.82, 2.24) is 4.90 Å². The number of anilines is 1. The molecule has 0 aliphatic carbocycles. The summed E-state index contributed by atoms with van der Waals surface area (Å²) in [6, 6.07) is 7.30. The van der Waals surface area contributed by atoms with Crippen molar-refractivity contribution in [3.63, 3.8) is 0 Å². The maximum absolute atomic E-state index is 12.1. The third-order valence-corrected chi connectivity index (χ3v) is 4.01. The highest BCUT2D eigenvalue weighted by molar-refractivity contribution is 7.97. The van der Waals surface area contributed by atoms with Gasteiger partial charge in [0.1, 0.15) is 0 Å². The van der Waals surface area contributed by atoms with Gasteiger partial charge in [0.05, 0.1) is 13.2 Å². The van der Waals surface area contributed by atoms with Crippen LogP contribution in [0.3, 0.4) is 0 Å². The maximum Gasteiger partial charge on any atom is 0.313 e. The molecule has 2 rings (SSSR count). The number of hydrogen-bond donors (Lipinski definition) is 2. The zero-order valence-corrected chi connectivity index (χ0v) is 13.6. The lowest BCUT2D eigenvalue weighted by molar-refractivity contribution is -0.151. The van der Waals surface area contributed by atoms with Crippen LogP contribution in [0.1, 0.15) is 5.56 Å². The number of benzene rings is 1. The molecule has 1 fully saturated rings. The molecule has 1 aliphatic rings. The topological polar surface area (TPSA) is 102 Å². The van der Waals surface area contributed by atoms with Crippen LogP contribution in [0.4, 0.5) is 5.69 Å². The van der Waals surface area contributed by atoms with Gasteiger partial charge in [0, 0.05) is 18.0 Å². The number of nitrogens with two attached hydrogens (primary N) is 1. The predicted molar refractivity (Wildman–Crippen MR) is 87.8 cm³/mol. The molecule has 124 valence electrons. The molecular formula is C15H19N3O4S. The van der Waals surface area contributed by atoms with E-state index < -0.39 is 23.8 Å². The van der Waals surface area contributed by atoms with E-state index in [-0.39, 0.29) is 19.7 Å². The summed E-state index contributed by atoms with van der Waals surface area (Å²) in [6.07, 6.45) is 1.14. The molecule has 0 bridgehead atoms. The molecule has 1 aromatic rings. The lowest BCUT2D eigenvalue weighted by Crippen LogP contribution is -2.52. The van der Waals surface area contributed by atoms with Gasteiger partial charge in [-0.25, -0.2) is 0 Å². The van der Waals surface area contributed by atoms with Gasteiger partial charge in [-0.05, 0) is 24.0 Å². The van der Waals surface area contributed by atoms with Crippen molar-refractivity contribution in [2.45, 2.75) is 11.9 Å². The van der Waals surface area contributed by atoms with Crippen LogP contribution in [0.15, 0.2) is 24.3 Å². The maximum atomic E-state index is 12.1. The van der Waals surface area contributed by atoms with Crippen LogP contribution < -0.4 is 11.1 Å². The van der Waals surface area contributed by atoms with E-state index in [0.717, 1.165) is 11.3 Å². The molecule has 1 atom stereocenters. The molecule has 0 spiro atoms. The van der Waals surface area contributed by atoms with Gasteiger partial charge in [0.25, 0.3) is 0 Å². The van der Waals surface area contributed by atoms with E-state index in [1.54, 1.807) is 23.9 Å². The molecule has 1 heterocycles. The van der Waals surface area contributed by atoms with Crippen LogP contribution in [-0.2, 0) is 24.9 Å². The third-order valence-electron chi connectivity index (χ3n) is 3.39. The van der Waals surface area contributed by atoms with Gasteiger partial charge in [-0.2, -0.15) is 11.8 Å². The van der Waals surface area contributed by atoms with Gasteiger partial charge in [0.2, 0.25) is 5.91 Å². The molecule has 0 radical (unpaired) electrons. The average molecular weight is 337 g/mol. The number of rotatable bonds is 4. The molecule has 0 saturated carbocycles. The predicted octanol–water partition coefficient (Wildman–Crippen LogP) is 0.201. The Hall–Kier alpha value is -2.06. The number of nitrogens with one attached hydrogen (secondary N) is 1. The summed E-state index contributed by atoms with van der Waals surface area (Å²) in [4.78, 5) is 36.6. The number of morpholine rings is 1. The van der Waals surface area contributed by atoms with Crippen LogP contribution in [0.5, 0.6) is 0 Å². The second kappa shape index (κ2) is 7.98. The molecule has 8 heteroatoms. The third kappa shape index (κ3) is 4.70. The number of thioether (sulfide) groups is 1. The summed E-state index contributed by atoms with van der Waals surface area (Å²) in [5.74, 6) is -1.21. The molecule has 1 unspecified atom stereocenters. The first kappa shape index (κ1) is 17.3. The summed E-state index contributed by atoms with van der Waals surface area (Å²) in [6.45, 7) is 0.424. The minimum Gasteiger partial charge on any atom is -0.367 e. The number of amides is 3. The van der Waals surface area contributed by atoms with Gasteiger partial charge >= 0.3 is 11.8 Å². The quantitative estimate of drug-likeness (QED) is 0.764. The van der Waals surface area contributed by atoms with Gasteiger partial charge < -0.3 is 20.7 Å². The van der Waals surface area contributed by atoms with Crippen molar-refractivity contribution < 1.29 is 19.1 Å². The number of primary amides is 1. The summed E-state index contributed by atoms with van der Waals surface area (Å²) < 4.78 is 5.15. The largest absolute Gasteiger partial charge is 0.367 e. The van der Waals surface area contributed by atoms with Crippen LogP contribution in [0, 0.1) is 0 Å². The summed E-state index contributed by atoms with van der Waals surface area (Å²) in [5.41, 5.74) is 6.85. The van der Waals surface area contributed by atoms with E-state index in [1.165, 1.54) is 4.90 Å². The molecular weight excluding hydrogens is 318 g/mol. The van der Waals surface area contributed by atoms with Crippen molar-refractivity contribution in [3.05, 3.63) is 29.8 Å². The first-order valence-corrected chi connectivity index (χ1v) is 8.49. The highest BCUT2D eigenvalue weighted by Gasteiger charge is 2.30. The monoisotopic (exact) mass is 337 g/mol. The van der Waals surface area contributed by atoms with E-state index in [1.807, 2.05) is 18.4 Å². The molecule has 1 saturated heterocycles. The summed E-state index contributed by atoms with van der Waals surface area (Å²) in [5, 5.41) is 2.56. The van der Waals surface area contributed by atoms with E-state index >= 15 is 0 Å². The fourth-order valence-electron chi connectivity index (χ4n) is 2.19. The van der Waals surface area contributed by atoms with E-state index in [0.29, 0.717) is 5.69 Å². The van der Waals surface area contributed by atoms with Crippen molar-refractivity contribution in [3.8, 4) is 0 Å². The van der Waals surface area contributed by atoms with Gasteiger partial charge in [-0.3, -0.25) is 14.4 Å². The van der Waals surface area contributed by atoms with Gasteiger partial charge in [-0.15, -0.1) is 0 Å². The Morgan fingerprint density at radius 2 is 2.04 bits per heavy atom. The van der Waals surface area contributed by atoms with Gasteiger partial charge in [-0.1, -0.05) is 12.1 Å². The Kier molecular flexibility index (Phi) is 6.00. The first-order chi connectivity index (χ1) is 11.0. The number of hydrogen-bond acceptors (Lipinski definition) is 5. The fourth-order valence-corrected chi connectivity index (χ4v) is 2.71.